The Kier molecular flexibility index (Phi) is 11.2. The van der Waals surface area contributed by atoms with E-state index in [9.17, 15) is 66.1 Å². The first kappa shape index (κ1) is 38.0. The van der Waals surface area contributed by atoms with Gasteiger partial charge in [-0.3, -0.25) is 4.79 Å². The molecule has 20 heteroatoms. The first-order valence-electron chi connectivity index (χ1n) is 15.9. The van der Waals surface area contributed by atoms with Gasteiger partial charge in [-0.2, -0.15) is 0 Å². The SMILES string of the molecule is O=c1c(O[C@@H]2O[C@H](CO)[C@@H](O)[C@H](O)[C@H]2O[C@@H]2OC[C@@H](O)[C@H](O[C@@H]3O[C@H](CO)[C@@H](O)[C@H](O)[C@H]3O)[C@H]2O)c(-c2ccc(O)cc2)oc2cc(O)cc(O)c12. The fourth-order valence-corrected chi connectivity index (χ4v) is 6.14. The van der Waals surface area contributed by atoms with Crippen molar-refractivity contribution in [2.75, 3.05) is 19.8 Å². The quantitative estimate of drug-likeness (QED) is 0.0995. The van der Waals surface area contributed by atoms with Crippen molar-refractivity contribution >= 4 is 11.0 Å². The topological polar surface area (TPSA) is 328 Å². The Bertz CT molecular complexity index is 1750. The fourth-order valence-electron chi connectivity index (χ4n) is 6.14. The monoisotopic (exact) mass is 742 g/mol. The second kappa shape index (κ2) is 15.3. The third kappa shape index (κ3) is 7.14. The van der Waals surface area contributed by atoms with E-state index in [-0.39, 0.29) is 22.7 Å². The van der Waals surface area contributed by atoms with E-state index in [1.54, 1.807) is 0 Å². The van der Waals surface area contributed by atoms with Gasteiger partial charge in [0.15, 0.2) is 24.4 Å². The number of benzene rings is 2. The second-order valence-electron chi connectivity index (χ2n) is 12.5. The van der Waals surface area contributed by atoms with Gasteiger partial charge in [-0.05, 0) is 24.3 Å². The molecule has 20 nitrogen and oxygen atoms in total. The Hall–Kier alpha value is -3.71. The second-order valence-corrected chi connectivity index (χ2v) is 12.5. The molecule has 3 aliphatic rings. The number of aliphatic hydroxyl groups excluding tert-OH is 9. The number of hydrogen-bond donors (Lipinski definition) is 12. The van der Waals surface area contributed by atoms with E-state index in [1.165, 1.54) is 24.3 Å². The molecule has 0 saturated carbocycles. The zero-order chi connectivity index (χ0) is 37.6. The highest BCUT2D eigenvalue weighted by Gasteiger charge is 2.52. The van der Waals surface area contributed by atoms with Crippen LogP contribution < -0.4 is 10.2 Å². The van der Waals surface area contributed by atoms with Crippen LogP contribution in [0.15, 0.2) is 45.6 Å². The minimum absolute atomic E-state index is 0.135. The number of fused-ring (bicyclic) bond motifs is 1. The fraction of sp³-hybridized carbons (Fsp3) is 0.531. The summed E-state index contributed by atoms with van der Waals surface area (Å²) in [7, 11) is 0. The number of rotatable bonds is 9. The average Bonchev–Trinajstić information content (AvgIpc) is 3.11. The number of ether oxygens (including phenoxy) is 6. The van der Waals surface area contributed by atoms with Crippen LogP contribution in [-0.4, -0.2) is 167 Å². The molecule has 6 rings (SSSR count). The molecule has 3 fully saturated rings. The van der Waals surface area contributed by atoms with E-state index in [0.29, 0.717) is 0 Å². The summed E-state index contributed by atoms with van der Waals surface area (Å²) in [5, 5.41) is 124. The van der Waals surface area contributed by atoms with Crippen LogP contribution in [-0.2, 0) is 23.7 Å². The maximum Gasteiger partial charge on any atom is 0.239 e. The smallest absolute Gasteiger partial charge is 0.239 e. The average molecular weight is 743 g/mol. The standard InChI is InChI=1S/C32H38O20/c33-7-16-19(39)22(42)24(44)31(48-16)50-27-14(38)9-46-30(25(27)45)52-29-23(43)20(40)17(8-34)49-32(29)51-28-21(41)18-13(37)5-12(36)6-15(18)47-26(28)10-1-3-11(35)4-2-10/h1-6,14,16-17,19-20,22-25,27,29-40,42-45H,7-9H2/t14-,16-,17-,19-,20-,22+,23+,24-,25-,27+,29-,30+,31+,32+/m1/s1. The number of aliphatic hydroxyl groups is 9. The van der Waals surface area contributed by atoms with Crippen molar-refractivity contribution in [3.05, 3.63) is 46.6 Å². The highest BCUT2D eigenvalue weighted by Crippen LogP contribution is 2.38. The molecule has 3 saturated heterocycles. The number of phenolic OH excluding ortho intramolecular Hbond substituents is 3. The summed E-state index contributed by atoms with van der Waals surface area (Å²) in [6.45, 7) is -2.27. The van der Waals surface area contributed by atoms with Crippen molar-refractivity contribution in [3.8, 4) is 34.3 Å². The highest BCUT2D eigenvalue weighted by atomic mass is 16.8. The zero-order valence-corrected chi connectivity index (χ0v) is 26.8. The molecular formula is C32H38O20. The lowest BCUT2D eigenvalue weighted by Gasteiger charge is -2.46. The predicted molar refractivity (Wildman–Crippen MR) is 167 cm³/mol. The predicted octanol–water partition coefficient (Wildman–Crippen LogP) is -3.96. The summed E-state index contributed by atoms with van der Waals surface area (Å²) < 4.78 is 39.6. The molecule has 0 radical (unpaired) electrons. The third-order valence-corrected chi connectivity index (χ3v) is 8.96. The summed E-state index contributed by atoms with van der Waals surface area (Å²) in [5.74, 6) is -2.29. The van der Waals surface area contributed by atoms with E-state index in [4.69, 9.17) is 32.8 Å². The summed E-state index contributed by atoms with van der Waals surface area (Å²) >= 11 is 0. The van der Waals surface area contributed by atoms with E-state index in [1.807, 2.05) is 0 Å². The summed E-state index contributed by atoms with van der Waals surface area (Å²) in [6.07, 6.45) is -25.0. The van der Waals surface area contributed by atoms with Gasteiger partial charge in [0.25, 0.3) is 0 Å². The Morgan fingerprint density at radius 3 is 1.94 bits per heavy atom. The van der Waals surface area contributed by atoms with E-state index in [2.05, 4.69) is 0 Å². The van der Waals surface area contributed by atoms with Gasteiger partial charge in [-0.1, -0.05) is 0 Å². The first-order chi connectivity index (χ1) is 24.7. The van der Waals surface area contributed by atoms with Crippen LogP contribution in [0.4, 0.5) is 0 Å². The van der Waals surface area contributed by atoms with Gasteiger partial charge >= 0.3 is 0 Å². The molecule has 2 aromatic carbocycles. The van der Waals surface area contributed by atoms with Gasteiger partial charge in [-0.15, -0.1) is 0 Å². The third-order valence-electron chi connectivity index (χ3n) is 8.96. The van der Waals surface area contributed by atoms with Crippen LogP contribution in [0.5, 0.6) is 23.0 Å². The maximum atomic E-state index is 13.9. The summed E-state index contributed by atoms with van der Waals surface area (Å²) in [4.78, 5) is 13.9. The van der Waals surface area contributed by atoms with Crippen LogP contribution in [0.25, 0.3) is 22.3 Å². The lowest BCUT2D eigenvalue weighted by atomic mass is 9.98. The van der Waals surface area contributed by atoms with Crippen LogP contribution in [0.3, 0.4) is 0 Å². The molecule has 286 valence electrons. The zero-order valence-electron chi connectivity index (χ0n) is 26.8. The molecule has 12 N–H and O–H groups in total. The van der Waals surface area contributed by atoms with Crippen LogP contribution in [0.1, 0.15) is 0 Å². The van der Waals surface area contributed by atoms with E-state index in [0.717, 1.165) is 12.1 Å². The Morgan fingerprint density at radius 1 is 0.673 bits per heavy atom. The Morgan fingerprint density at radius 2 is 1.29 bits per heavy atom. The van der Waals surface area contributed by atoms with Gasteiger partial charge in [0.2, 0.25) is 17.5 Å². The largest absolute Gasteiger partial charge is 0.508 e. The molecule has 3 aliphatic heterocycles. The molecule has 0 spiro atoms. The maximum absolute atomic E-state index is 13.9. The van der Waals surface area contributed by atoms with Crippen molar-refractivity contribution in [2.24, 2.45) is 0 Å². The molecule has 0 unspecified atom stereocenters. The molecule has 4 heterocycles. The van der Waals surface area contributed by atoms with Crippen molar-refractivity contribution in [1.29, 1.82) is 0 Å². The van der Waals surface area contributed by atoms with Crippen LogP contribution >= 0.6 is 0 Å². The van der Waals surface area contributed by atoms with Gasteiger partial charge < -0.3 is 94.1 Å². The lowest BCUT2D eigenvalue weighted by molar-refractivity contribution is -0.368. The first-order valence-corrected chi connectivity index (χ1v) is 15.9. The molecule has 0 bridgehead atoms. The van der Waals surface area contributed by atoms with Crippen molar-refractivity contribution in [3.63, 3.8) is 0 Å². The lowest BCUT2D eigenvalue weighted by Crippen LogP contribution is -2.65. The van der Waals surface area contributed by atoms with Crippen molar-refractivity contribution in [2.45, 2.75) is 86.0 Å². The van der Waals surface area contributed by atoms with Crippen LogP contribution in [0.2, 0.25) is 0 Å². The van der Waals surface area contributed by atoms with Gasteiger partial charge in [0, 0.05) is 17.7 Å². The minimum atomic E-state index is -1.99. The number of phenols is 3. The Balaban J connectivity index is 1.33. The normalized spacial score (nSPS) is 36.9. The number of hydrogen-bond acceptors (Lipinski definition) is 20. The van der Waals surface area contributed by atoms with E-state index < -0.39 is 134 Å². The van der Waals surface area contributed by atoms with Gasteiger partial charge in [0.1, 0.15) is 89.3 Å². The minimum Gasteiger partial charge on any atom is -0.508 e. The van der Waals surface area contributed by atoms with Crippen LogP contribution in [0, 0.1) is 0 Å². The van der Waals surface area contributed by atoms with E-state index >= 15 is 0 Å². The molecule has 3 aromatic rings. The van der Waals surface area contributed by atoms with Crippen molar-refractivity contribution < 1.29 is 94.1 Å². The molecule has 0 amide bonds. The van der Waals surface area contributed by atoms with Gasteiger partial charge in [0.05, 0.1) is 19.8 Å². The highest BCUT2D eigenvalue weighted by molar-refractivity contribution is 5.88. The summed E-state index contributed by atoms with van der Waals surface area (Å²) in [6, 6.07) is 7.11. The van der Waals surface area contributed by atoms with Gasteiger partial charge in [-0.25, -0.2) is 0 Å². The summed E-state index contributed by atoms with van der Waals surface area (Å²) in [5.41, 5.74) is -1.16. The molecule has 52 heavy (non-hydrogen) atoms. The Labute approximate surface area is 292 Å². The number of aromatic hydroxyl groups is 3. The molecule has 0 aliphatic carbocycles. The van der Waals surface area contributed by atoms with Crippen molar-refractivity contribution in [1.82, 2.24) is 0 Å². The molecule has 14 atom stereocenters. The molecule has 1 aromatic heterocycles. The molecular weight excluding hydrogens is 704 g/mol.